The number of phenols is 1. The van der Waals surface area contributed by atoms with Crippen molar-refractivity contribution in [3.8, 4) is 5.75 Å². The molecule has 1 aromatic rings. The van der Waals surface area contributed by atoms with Crippen molar-refractivity contribution < 1.29 is 5.11 Å². The molecule has 7 heteroatoms. The minimum atomic E-state index is -0.0250. The average molecular weight is 390 g/mol. The molecule has 128 valence electrons. The van der Waals surface area contributed by atoms with Gasteiger partial charge in [0.15, 0.2) is 0 Å². The molecule has 1 saturated heterocycles. The van der Waals surface area contributed by atoms with Crippen molar-refractivity contribution in [3.63, 3.8) is 0 Å². The van der Waals surface area contributed by atoms with E-state index >= 15 is 0 Å². The van der Waals surface area contributed by atoms with Gasteiger partial charge in [-0.1, -0.05) is 44.0 Å². The summed E-state index contributed by atoms with van der Waals surface area (Å²) in [5, 5.41) is 14.6. The fourth-order valence-electron chi connectivity index (χ4n) is 2.95. The quantitative estimate of drug-likeness (QED) is 0.779. The van der Waals surface area contributed by atoms with E-state index < -0.39 is 0 Å². The third-order valence-electron chi connectivity index (χ3n) is 3.69. The van der Waals surface area contributed by atoms with E-state index in [0.29, 0.717) is 10.0 Å². The van der Waals surface area contributed by atoms with Gasteiger partial charge in [0.05, 0.1) is 5.02 Å². The van der Waals surface area contributed by atoms with Crippen LogP contribution in [0.15, 0.2) is 12.1 Å². The van der Waals surface area contributed by atoms with Crippen LogP contribution in [-0.2, 0) is 0 Å². The number of halogens is 4. The fraction of sp³-hybridized carbons (Fsp3) is 0.600. The topological polar surface area (TPSA) is 35.5 Å². The van der Waals surface area contributed by atoms with E-state index in [1.165, 1.54) is 0 Å². The molecule has 0 aliphatic carbocycles. The highest BCUT2D eigenvalue weighted by Gasteiger charge is 2.34. The van der Waals surface area contributed by atoms with Crippen LogP contribution in [0.1, 0.15) is 32.4 Å². The Kier molecular flexibility index (Phi) is 8.85. The second kappa shape index (κ2) is 8.81. The molecule has 22 heavy (non-hydrogen) atoms. The number of phenolic OH excluding ortho intramolecular Hbond substituents is 1. The third kappa shape index (κ3) is 5.05. The molecule has 0 saturated carbocycles. The van der Waals surface area contributed by atoms with E-state index in [-0.39, 0.29) is 42.0 Å². The van der Waals surface area contributed by atoms with Gasteiger partial charge in [-0.3, -0.25) is 4.90 Å². The van der Waals surface area contributed by atoms with Crippen LogP contribution < -0.4 is 5.32 Å². The Morgan fingerprint density at radius 3 is 2.18 bits per heavy atom. The smallest absolute Gasteiger partial charge is 0.139 e. The molecule has 1 heterocycles. The number of hydrogen-bond donors (Lipinski definition) is 2. The normalized spacial score (nSPS) is 17.3. The minimum Gasteiger partial charge on any atom is -0.506 e. The van der Waals surface area contributed by atoms with Gasteiger partial charge in [-0.15, -0.1) is 24.8 Å². The van der Waals surface area contributed by atoms with E-state index in [1.807, 2.05) is 6.07 Å². The van der Waals surface area contributed by atoms with E-state index in [2.05, 4.69) is 31.0 Å². The number of nitrogens with one attached hydrogen (secondary N) is 1. The van der Waals surface area contributed by atoms with Crippen molar-refractivity contribution in [1.82, 2.24) is 10.2 Å². The highest BCUT2D eigenvalue weighted by molar-refractivity contribution is 6.35. The minimum absolute atomic E-state index is 0. The van der Waals surface area contributed by atoms with Crippen LogP contribution in [0.3, 0.4) is 0 Å². The average Bonchev–Trinajstić information content (AvgIpc) is 2.35. The van der Waals surface area contributed by atoms with Crippen molar-refractivity contribution in [1.29, 1.82) is 0 Å². The van der Waals surface area contributed by atoms with Gasteiger partial charge in [0, 0.05) is 42.8 Å². The summed E-state index contributed by atoms with van der Waals surface area (Å²) in [6.45, 7) is 10.3. The second-order valence-electron chi connectivity index (χ2n) is 6.38. The summed E-state index contributed by atoms with van der Waals surface area (Å²) in [7, 11) is 0. The van der Waals surface area contributed by atoms with Crippen molar-refractivity contribution >= 4 is 48.0 Å². The van der Waals surface area contributed by atoms with Crippen LogP contribution in [-0.4, -0.2) is 36.2 Å². The first-order valence-electron chi connectivity index (χ1n) is 6.93. The van der Waals surface area contributed by atoms with Gasteiger partial charge in [0.1, 0.15) is 5.75 Å². The Morgan fingerprint density at radius 1 is 1.14 bits per heavy atom. The van der Waals surface area contributed by atoms with Crippen molar-refractivity contribution in [2.24, 2.45) is 5.41 Å². The Balaban J connectivity index is 0.00000220. The molecular formula is C15H24Cl4N2O. The van der Waals surface area contributed by atoms with Gasteiger partial charge in [-0.25, -0.2) is 0 Å². The predicted molar refractivity (Wildman–Crippen MR) is 99.3 cm³/mol. The lowest BCUT2D eigenvalue weighted by atomic mass is 9.80. The second-order valence-corrected chi connectivity index (χ2v) is 7.22. The molecule has 0 bridgehead atoms. The molecule has 0 radical (unpaired) electrons. The van der Waals surface area contributed by atoms with Crippen LogP contribution >= 0.6 is 48.0 Å². The highest BCUT2D eigenvalue weighted by Crippen LogP contribution is 2.45. The molecule has 1 aliphatic heterocycles. The summed E-state index contributed by atoms with van der Waals surface area (Å²) in [6, 6.07) is 3.50. The number of rotatable bonds is 2. The first kappa shape index (κ1) is 22.1. The molecule has 0 aromatic heterocycles. The summed E-state index contributed by atoms with van der Waals surface area (Å²) >= 11 is 12.2. The number of nitrogens with zero attached hydrogens (tertiary/aromatic N) is 1. The van der Waals surface area contributed by atoms with Crippen molar-refractivity contribution in [2.75, 3.05) is 26.2 Å². The molecule has 0 spiro atoms. The maximum Gasteiger partial charge on any atom is 0.139 e. The molecule has 1 aromatic carbocycles. The van der Waals surface area contributed by atoms with E-state index in [0.717, 1.165) is 31.7 Å². The Hall–Kier alpha value is 0.1000. The molecular weight excluding hydrogens is 366 g/mol. The van der Waals surface area contributed by atoms with E-state index in [4.69, 9.17) is 23.2 Å². The summed E-state index contributed by atoms with van der Waals surface area (Å²) in [6.07, 6.45) is 0. The van der Waals surface area contributed by atoms with Crippen LogP contribution in [0, 0.1) is 5.41 Å². The third-order valence-corrected chi connectivity index (χ3v) is 4.20. The number of piperazine rings is 1. The monoisotopic (exact) mass is 388 g/mol. The summed E-state index contributed by atoms with van der Waals surface area (Å²) < 4.78 is 0. The van der Waals surface area contributed by atoms with Gasteiger partial charge in [-0.2, -0.15) is 0 Å². The van der Waals surface area contributed by atoms with Gasteiger partial charge in [0.25, 0.3) is 0 Å². The zero-order chi connectivity index (χ0) is 14.9. The largest absolute Gasteiger partial charge is 0.506 e. The molecule has 0 unspecified atom stereocenters. The van der Waals surface area contributed by atoms with Crippen molar-refractivity contribution in [3.05, 3.63) is 27.7 Å². The van der Waals surface area contributed by atoms with Gasteiger partial charge in [-0.05, 0) is 17.5 Å². The van der Waals surface area contributed by atoms with E-state index in [1.54, 1.807) is 6.07 Å². The lowest BCUT2D eigenvalue weighted by Gasteiger charge is -2.42. The SMILES string of the molecule is CC(C)(C)[C@H](c1cc(Cl)cc(Cl)c1O)N1CCNCC1.Cl.Cl. The zero-order valence-corrected chi connectivity index (χ0v) is 16.2. The molecule has 1 aliphatic rings. The lowest BCUT2D eigenvalue weighted by molar-refractivity contribution is 0.0843. The fourth-order valence-corrected chi connectivity index (χ4v) is 3.45. The molecule has 3 nitrogen and oxygen atoms in total. The maximum atomic E-state index is 10.4. The lowest BCUT2D eigenvalue weighted by Crippen LogP contribution is -2.48. The number of aromatic hydroxyl groups is 1. The summed E-state index contributed by atoms with van der Waals surface area (Å²) in [4.78, 5) is 2.39. The van der Waals surface area contributed by atoms with Gasteiger partial charge in [0.2, 0.25) is 0 Å². The molecule has 0 amide bonds. The number of hydrogen-bond acceptors (Lipinski definition) is 3. The highest BCUT2D eigenvalue weighted by atomic mass is 35.5. The first-order valence-corrected chi connectivity index (χ1v) is 7.69. The Labute approximate surface area is 155 Å². The Morgan fingerprint density at radius 2 is 1.68 bits per heavy atom. The van der Waals surface area contributed by atoms with Crippen LogP contribution in [0.2, 0.25) is 10.0 Å². The maximum absolute atomic E-state index is 10.4. The van der Waals surface area contributed by atoms with Crippen LogP contribution in [0.25, 0.3) is 0 Å². The van der Waals surface area contributed by atoms with Gasteiger partial charge >= 0.3 is 0 Å². The zero-order valence-electron chi connectivity index (χ0n) is 13.0. The summed E-state index contributed by atoms with van der Waals surface area (Å²) in [5.74, 6) is 0.148. The Bertz CT molecular complexity index is 485. The van der Waals surface area contributed by atoms with Crippen LogP contribution in [0.4, 0.5) is 0 Å². The first-order chi connectivity index (χ1) is 9.30. The number of benzene rings is 1. The molecule has 1 atom stereocenters. The molecule has 2 rings (SSSR count). The van der Waals surface area contributed by atoms with Gasteiger partial charge < -0.3 is 10.4 Å². The predicted octanol–water partition coefficient (Wildman–Crippen LogP) is 4.54. The molecule has 2 N–H and O–H groups in total. The molecule has 1 fully saturated rings. The van der Waals surface area contributed by atoms with E-state index in [9.17, 15) is 5.11 Å². The summed E-state index contributed by atoms with van der Waals surface area (Å²) in [5.41, 5.74) is 0.792. The standard InChI is InChI=1S/C15H22Cl2N2O.2ClH/c1-15(2,3)14(19-6-4-18-5-7-19)11-8-10(16)9-12(17)13(11)20;;/h8-9,14,18,20H,4-7H2,1-3H3;2*1H/t14-;;/m0../s1. The van der Waals surface area contributed by atoms with Crippen LogP contribution in [0.5, 0.6) is 5.75 Å². The van der Waals surface area contributed by atoms with Crippen molar-refractivity contribution in [2.45, 2.75) is 26.8 Å².